The van der Waals surface area contributed by atoms with Gasteiger partial charge in [0, 0.05) is 5.41 Å². The van der Waals surface area contributed by atoms with Gasteiger partial charge in [-0.05, 0) is 40.0 Å². The van der Waals surface area contributed by atoms with Gasteiger partial charge in [-0.25, -0.2) is 0 Å². The van der Waals surface area contributed by atoms with Crippen molar-refractivity contribution >= 4 is 5.78 Å². The molecule has 1 nitrogen and oxygen atoms in total. The Morgan fingerprint density at radius 3 is 2.15 bits per heavy atom. The number of carbonyl (C=O) groups excluding carboxylic acids is 1. The first kappa shape index (κ1) is 12.4. The Morgan fingerprint density at radius 2 is 1.85 bits per heavy atom. The molecule has 0 rings (SSSR count). The zero-order valence-electron chi connectivity index (χ0n) is 9.61. The van der Waals surface area contributed by atoms with Gasteiger partial charge in [-0.3, -0.25) is 4.79 Å². The highest BCUT2D eigenvalue weighted by atomic mass is 16.1. The monoisotopic (exact) mass is 182 g/mol. The molecule has 1 heteroatoms. The van der Waals surface area contributed by atoms with E-state index in [1.807, 2.05) is 0 Å². The van der Waals surface area contributed by atoms with E-state index in [9.17, 15) is 4.79 Å². The molecule has 0 unspecified atom stereocenters. The van der Waals surface area contributed by atoms with Gasteiger partial charge in [-0.1, -0.05) is 25.5 Å². The summed E-state index contributed by atoms with van der Waals surface area (Å²) < 4.78 is 0. The van der Waals surface area contributed by atoms with Crippen molar-refractivity contribution in [3.8, 4) is 0 Å². The van der Waals surface area contributed by atoms with Gasteiger partial charge in [0.15, 0.2) is 0 Å². The lowest BCUT2D eigenvalue weighted by molar-refractivity contribution is -0.126. The summed E-state index contributed by atoms with van der Waals surface area (Å²) in [7, 11) is 0. The maximum absolute atomic E-state index is 11.4. The van der Waals surface area contributed by atoms with Crippen LogP contribution in [0.15, 0.2) is 11.6 Å². The fourth-order valence-corrected chi connectivity index (χ4v) is 1.28. The molecule has 0 spiro atoms. The predicted molar refractivity (Wildman–Crippen MR) is 57.7 cm³/mol. The number of hydrogen-bond donors (Lipinski definition) is 0. The molecule has 0 aliphatic carbocycles. The Bertz CT molecular complexity index is 199. The Labute approximate surface area is 82.2 Å². The zero-order chi connectivity index (χ0) is 10.5. The molecule has 13 heavy (non-hydrogen) atoms. The lowest BCUT2D eigenvalue weighted by Gasteiger charge is -2.24. The van der Waals surface area contributed by atoms with E-state index in [0.29, 0.717) is 5.78 Å². The van der Waals surface area contributed by atoms with E-state index in [-0.39, 0.29) is 5.41 Å². The van der Waals surface area contributed by atoms with Crippen molar-refractivity contribution in [1.82, 2.24) is 0 Å². The molecule has 0 heterocycles. The fraction of sp³-hybridized carbons (Fsp3) is 0.750. The van der Waals surface area contributed by atoms with Crippen molar-refractivity contribution in [2.24, 2.45) is 5.41 Å². The lowest BCUT2D eigenvalue weighted by Crippen LogP contribution is -2.24. The predicted octanol–water partition coefficient (Wildman–Crippen LogP) is 3.74. The molecule has 0 aromatic carbocycles. The molecule has 0 aromatic rings. The molecule has 1 atom stereocenters. The summed E-state index contributed by atoms with van der Waals surface area (Å²) >= 11 is 0. The molecule has 0 aliphatic heterocycles. The third-order valence-electron chi connectivity index (χ3n) is 2.88. The van der Waals surface area contributed by atoms with Crippen molar-refractivity contribution in [3.05, 3.63) is 11.6 Å². The van der Waals surface area contributed by atoms with Gasteiger partial charge >= 0.3 is 0 Å². The molecule has 0 aliphatic rings. The fourth-order valence-electron chi connectivity index (χ4n) is 1.28. The maximum Gasteiger partial charge on any atom is 0.135 e. The molecular weight excluding hydrogens is 160 g/mol. The summed E-state index contributed by atoms with van der Waals surface area (Å²) in [4.78, 5) is 11.4. The summed E-state index contributed by atoms with van der Waals surface area (Å²) in [6.45, 7) is 10.0. The van der Waals surface area contributed by atoms with Crippen LogP contribution in [-0.4, -0.2) is 5.78 Å². The van der Waals surface area contributed by atoms with Crippen LogP contribution in [0.25, 0.3) is 0 Å². The van der Waals surface area contributed by atoms with Crippen molar-refractivity contribution in [2.45, 2.75) is 53.9 Å². The first-order valence-corrected chi connectivity index (χ1v) is 5.07. The van der Waals surface area contributed by atoms with Gasteiger partial charge in [0.05, 0.1) is 0 Å². The molecule has 0 amide bonds. The Balaban J connectivity index is 4.14. The average molecular weight is 182 g/mol. The number of ketones is 1. The number of rotatable bonds is 5. The lowest BCUT2D eigenvalue weighted by atomic mass is 9.79. The van der Waals surface area contributed by atoms with Gasteiger partial charge < -0.3 is 0 Å². The molecule has 0 saturated carbocycles. The normalized spacial score (nSPS) is 14.8. The number of allylic oxidation sites excluding steroid dienone is 2. The van der Waals surface area contributed by atoms with Crippen molar-refractivity contribution < 1.29 is 4.79 Å². The van der Waals surface area contributed by atoms with Crippen molar-refractivity contribution in [1.29, 1.82) is 0 Å². The SMILES string of the molecule is CC[C@@](C)(CCC=C(C)C)C(C)=O. The summed E-state index contributed by atoms with van der Waals surface area (Å²) in [5.74, 6) is 0.317. The van der Waals surface area contributed by atoms with Crippen molar-refractivity contribution in [3.63, 3.8) is 0 Å². The first-order chi connectivity index (χ1) is 5.92. The number of carbonyl (C=O) groups is 1. The molecule has 0 N–H and O–H groups in total. The summed E-state index contributed by atoms with van der Waals surface area (Å²) in [6.07, 6.45) is 5.14. The van der Waals surface area contributed by atoms with Crippen molar-refractivity contribution in [2.75, 3.05) is 0 Å². The highest BCUT2D eigenvalue weighted by Crippen LogP contribution is 2.28. The Kier molecular flexibility index (Phi) is 4.97. The van der Waals surface area contributed by atoms with Crippen LogP contribution in [0.2, 0.25) is 0 Å². The summed E-state index contributed by atoms with van der Waals surface area (Å²) in [5, 5.41) is 0. The van der Waals surface area contributed by atoms with E-state index in [0.717, 1.165) is 19.3 Å². The van der Waals surface area contributed by atoms with E-state index in [4.69, 9.17) is 0 Å². The van der Waals surface area contributed by atoms with Crippen LogP contribution in [0.5, 0.6) is 0 Å². The van der Waals surface area contributed by atoms with Crippen LogP contribution >= 0.6 is 0 Å². The molecule has 76 valence electrons. The highest BCUT2D eigenvalue weighted by Gasteiger charge is 2.26. The molecular formula is C12H22O. The summed E-state index contributed by atoms with van der Waals surface area (Å²) in [6, 6.07) is 0. The van der Waals surface area contributed by atoms with Gasteiger partial charge in [0.1, 0.15) is 5.78 Å². The first-order valence-electron chi connectivity index (χ1n) is 5.07. The molecule has 0 saturated heterocycles. The quantitative estimate of drug-likeness (QED) is 0.592. The largest absolute Gasteiger partial charge is 0.299 e. The third-order valence-corrected chi connectivity index (χ3v) is 2.88. The second-order valence-electron chi connectivity index (χ2n) is 4.29. The van der Waals surface area contributed by atoms with Crippen LogP contribution in [0.1, 0.15) is 53.9 Å². The number of Topliss-reactive ketones (excluding diaryl/α,β-unsaturated/α-hetero) is 1. The van der Waals surface area contributed by atoms with Crippen LogP contribution in [0, 0.1) is 5.41 Å². The molecule has 0 aromatic heterocycles. The standard InChI is InChI=1S/C12H22O/c1-6-12(5,11(4)13)9-7-8-10(2)3/h8H,6-7,9H2,1-5H3/t12-/m0/s1. The van der Waals surface area contributed by atoms with E-state index >= 15 is 0 Å². The van der Waals surface area contributed by atoms with E-state index in [1.165, 1.54) is 5.57 Å². The maximum atomic E-state index is 11.4. The second-order valence-corrected chi connectivity index (χ2v) is 4.29. The van der Waals surface area contributed by atoms with Crippen LogP contribution in [-0.2, 0) is 4.79 Å². The summed E-state index contributed by atoms with van der Waals surface area (Å²) in [5.41, 5.74) is 1.23. The van der Waals surface area contributed by atoms with E-state index < -0.39 is 0 Å². The minimum Gasteiger partial charge on any atom is -0.299 e. The molecule has 0 bridgehead atoms. The molecule has 0 radical (unpaired) electrons. The highest BCUT2D eigenvalue weighted by molar-refractivity contribution is 5.81. The van der Waals surface area contributed by atoms with E-state index in [2.05, 4.69) is 33.8 Å². The van der Waals surface area contributed by atoms with Gasteiger partial charge in [-0.2, -0.15) is 0 Å². The van der Waals surface area contributed by atoms with Crippen LogP contribution in [0.3, 0.4) is 0 Å². The Hall–Kier alpha value is -0.590. The Morgan fingerprint density at radius 1 is 1.31 bits per heavy atom. The van der Waals surface area contributed by atoms with E-state index in [1.54, 1.807) is 6.92 Å². The number of hydrogen-bond acceptors (Lipinski definition) is 1. The van der Waals surface area contributed by atoms with Gasteiger partial charge in [-0.15, -0.1) is 0 Å². The minimum atomic E-state index is -0.105. The third kappa shape index (κ3) is 4.25. The van der Waals surface area contributed by atoms with Crippen LogP contribution < -0.4 is 0 Å². The van der Waals surface area contributed by atoms with Gasteiger partial charge in [0.2, 0.25) is 0 Å². The minimum absolute atomic E-state index is 0.105. The second kappa shape index (κ2) is 5.21. The topological polar surface area (TPSA) is 17.1 Å². The van der Waals surface area contributed by atoms with Crippen LogP contribution in [0.4, 0.5) is 0 Å². The average Bonchev–Trinajstić information content (AvgIpc) is 2.03. The molecule has 0 fully saturated rings. The van der Waals surface area contributed by atoms with Gasteiger partial charge in [0.25, 0.3) is 0 Å². The zero-order valence-corrected chi connectivity index (χ0v) is 9.61. The smallest absolute Gasteiger partial charge is 0.135 e.